The summed E-state index contributed by atoms with van der Waals surface area (Å²) < 4.78 is 0. The van der Waals surface area contributed by atoms with Crippen LogP contribution in [0.25, 0.3) is 0 Å². The Morgan fingerprint density at radius 2 is 2.38 bits per heavy atom. The smallest absolute Gasteiger partial charge is 0.347 e. The molecule has 0 saturated carbocycles. The molecule has 1 N–H and O–H groups in total. The molecule has 2 aromatic heterocycles. The lowest BCUT2D eigenvalue weighted by atomic mass is 10.0. The van der Waals surface area contributed by atoms with E-state index >= 15 is 0 Å². The van der Waals surface area contributed by atoms with Gasteiger partial charge in [-0.15, -0.1) is 11.3 Å². The number of anilines is 1. The van der Waals surface area contributed by atoms with Crippen molar-refractivity contribution in [2.24, 2.45) is 0 Å². The fourth-order valence-corrected chi connectivity index (χ4v) is 4.49. The fraction of sp³-hybridized carbons (Fsp3) is 0.467. The molecule has 0 spiro atoms. The molecule has 6 heteroatoms. The van der Waals surface area contributed by atoms with Gasteiger partial charge in [0.25, 0.3) is 0 Å². The quantitative estimate of drug-likeness (QED) is 0.925. The number of aromatic nitrogens is 1. The number of carboxylic acid groups (broad SMARTS) is 1. The Hall–Kier alpha value is -1.40. The third kappa shape index (κ3) is 2.70. The molecule has 0 aliphatic carbocycles. The molecule has 1 aliphatic heterocycles. The summed E-state index contributed by atoms with van der Waals surface area (Å²) in [6.07, 6.45) is 1.92. The standard InChI is InChI=1S/C15H18N2O2S2/c1-3-9(2)12-13(14(18)19)21-15(16-12)17-6-4-11-10(8-17)5-7-20-11/h5,7,9H,3-4,6,8H2,1-2H3,(H,18,19). The monoisotopic (exact) mass is 322 g/mol. The van der Waals surface area contributed by atoms with Crippen LogP contribution in [0.1, 0.15) is 52.0 Å². The van der Waals surface area contributed by atoms with E-state index < -0.39 is 5.97 Å². The lowest BCUT2D eigenvalue weighted by Gasteiger charge is -2.26. The second-order valence-electron chi connectivity index (χ2n) is 5.37. The first kappa shape index (κ1) is 14.5. The van der Waals surface area contributed by atoms with Gasteiger partial charge >= 0.3 is 5.97 Å². The van der Waals surface area contributed by atoms with E-state index in [1.54, 1.807) is 11.3 Å². The third-order valence-electron chi connectivity index (χ3n) is 3.99. The number of carbonyl (C=O) groups is 1. The Labute approximate surface area is 132 Å². The summed E-state index contributed by atoms with van der Waals surface area (Å²) in [5, 5.41) is 12.4. The summed E-state index contributed by atoms with van der Waals surface area (Å²) in [6, 6.07) is 2.16. The van der Waals surface area contributed by atoms with E-state index in [1.807, 2.05) is 6.92 Å². The summed E-state index contributed by atoms with van der Waals surface area (Å²) in [7, 11) is 0. The van der Waals surface area contributed by atoms with Crippen LogP contribution in [-0.2, 0) is 13.0 Å². The van der Waals surface area contributed by atoms with E-state index in [9.17, 15) is 9.90 Å². The first-order chi connectivity index (χ1) is 10.1. The Bertz CT molecular complexity index is 662. The van der Waals surface area contributed by atoms with Gasteiger partial charge in [-0.25, -0.2) is 9.78 Å². The van der Waals surface area contributed by atoms with Gasteiger partial charge < -0.3 is 10.0 Å². The normalized spacial score (nSPS) is 15.8. The largest absolute Gasteiger partial charge is 0.477 e. The molecule has 0 radical (unpaired) electrons. The number of hydrogen-bond acceptors (Lipinski definition) is 5. The van der Waals surface area contributed by atoms with Gasteiger partial charge in [-0.3, -0.25) is 0 Å². The maximum absolute atomic E-state index is 11.4. The van der Waals surface area contributed by atoms with Crippen LogP contribution in [0.5, 0.6) is 0 Å². The molecule has 1 unspecified atom stereocenters. The van der Waals surface area contributed by atoms with Crippen LogP contribution in [0, 0.1) is 0 Å². The first-order valence-electron chi connectivity index (χ1n) is 7.14. The van der Waals surface area contributed by atoms with Crippen LogP contribution in [0.4, 0.5) is 5.13 Å². The Kier molecular flexibility index (Phi) is 3.99. The number of thiophene rings is 1. The van der Waals surface area contributed by atoms with Gasteiger partial charge in [-0.05, 0) is 35.8 Å². The van der Waals surface area contributed by atoms with Crippen molar-refractivity contribution in [3.05, 3.63) is 32.5 Å². The van der Waals surface area contributed by atoms with Crippen molar-refractivity contribution < 1.29 is 9.90 Å². The summed E-state index contributed by atoms with van der Waals surface area (Å²) in [5.74, 6) is -0.676. The maximum atomic E-state index is 11.4. The third-order valence-corrected chi connectivity index (χ3v) is 6.14. The Balaban J connectivity index is 1.91. The number of aromatic carboxylic acids is 1. The molecule has 3 rings (SSSR count). The minimum atomic E-state index is -0.859. The fourth-order valence-electron chi connectivity index (χ4n) is 2.55. The van der Waals surface area contributed by atoms with Crippen LogP contribution in [-0.4, -0.2) is 22.6 Å². The van der Waals surface area contributed by atoms with Crippen LogP contribution in [0.2, 0.25) is 0 Å². The SMILES string of the molecule is CCC(C)c1nc(N2CCc3sccc3C2)sc1C(=O)O. The molecule has 1 atom stereocenters. The van der Waals surface area contributed by atoms with Gasteiger partial charge in [0.2, 0.25) is 0 Å². The van der Waals surface area contributed by atoms with Gasteiger partial charge in [0.1, 0.15) is 4.88 Å². The summed E-state index contributed by atoms with van der Waals surface area (Å²) in [5.41, 5.74) is 2.09. The molecule has 2 aromatic rings. The Morgan fingerprint density at radius 3 is 3.10 bits per heavy atom. The predicted octanol–water partition coefficient (Wildman–Crippen LogP) is 3.98. The van der Waals surface area contributed by atoms with Crippen LogP contribution in [0.3, 0.4) is 0 Å². The molecule has 0 bridgehead atoms. The minimum absolute atomic E-state index is 0.183. The van der Waals surface area contributed by atoms with Gasteiger partial charge in [-0.2, -0.15) is 0 Å². The second-order valence-corrected chi connectivity index (χ2v) is 7.34. The number of thiazole rings is 1. The highest BCUT2D eigenvalue weighted by Crippen LogP contribution is 2.35. The highest BCUT2D eigenvalue weighted by molar-refractivity contribution is 7.17. The van der Waals surface area contributed by atoms with E-state index in [1.165, 1.54) is 21.8 Å². The van der Waals surface area contributed by atoms with Gasteiger partial charge in [-0.1, -0.05) is 25.2 Å². The number of fused-ring (bicyclic) bond motifs is 1. The average Bonchev–Trinajstić information content (AvgIpc) is 3.11. The average molecular weight is 322 g/mol. The van der Waals surface area contributed by atoms with E-state index in [0.717, 1.165) is 36.8 Å². The molecule has 0 aromatic carbocycles. The molecule has 0 amide bonds. The predicted molar refractivity (Wildman–Crippen MR) is 86.9 cm³/mol. The summed E-state index contributed by atoms with van der Waals surface area (Å²) in [6.45, 7) is 5.86. The van der Waals surface area contributed by atoms with E-state index in [0.29, 0.717) is 4.88 Å². The molecule has 21 heavy (non-hydrogen) atoms. The van der Waals surface area contributed by atoms with Crippen molar-refractivity contribution >= 4 is 33.8 Å². The molecular weight excluding hydrogens is 304 g/mol. The van der Waals surface area contributed by atoms with Gasteiger partial charge in [0.15, 0.2) is 5.13 Å². The molecule has 112 valence electrons. The van der Waals surface area contributed by atoms with Crippen molar-refractivity contribution in [3.8, 4) is 0 Å². The van der Waals surface area contributed by atoms with Crippen molar-refractivity contribution in [2.45, 2.75) is 39.2 Å². The van der Waals surface area contributed by atoms with Crippen LogP contribution in [0.15, 0.2) is 11.4 Å². The van der Waals surface area contributed by atoms with Crippen molar-refractivity contribution in [2.75, 3.05) is 11.4 Å². The Morgan fingerprint density at radius 1 is 1.57 bits per heavy atom. The van der Waals surface area contributed by atoms with Crippen LogP contribution < -0.4 is 4.90 Å². The van der Waals surface area contributed by atoms with E-state index in [4.69, 9.17) is 0 Å². The molecule has 4 nitrogen and oxygen atoms in total. The van der Waals surface area contributed by atoms with Gasteiger partial charge in [0, 0.05) is 18.0 Å². The lowest BCUT2D eigenvalue weighted by Crippen LogP contribution is -2.29. The van der Waals surface area contributed by atoms with E-state index in [2.05, 4.69) is 28.3 Å². The lowest BCUT2D eigenvalue weighted by molar-refractivity contribution is 0.0700. The minimum Gasteiger partial charge on any atom is -0.477 e. The zero-order valence-corrected chi connectivity index (χ0v) is 13.8. The van der Waals surface area contributed by atoms with Crippen molar-refractivity contribution in [1.82, 2.24) is 4.98 Å². The number of carboxylic acids is 1. The van der Waals surface area contributed by atoms with Crippen LogP contribution >= 0.6 is 22.7 Å². The number of nitrogens with zero attached hydrogens (tertiary/aromatic N) is 2. The molecular formula is C15H18N2O2S2. The van der Waals surface area contributed by atoms with Crippen molar-refractivity contribution in [3.63, 3.8) is 0 Å². The second kappa shape index (κ2) is 5.77. The molecule has 0 fully saturated rings. The van der Waals surface area contributed by atoms with E-state index in [-0.39, 0.29) is 5.92 Å². The highest BCUT2D eigenvalue weighted by atomic mass is 32.1. The summed E-state index contributed by atoms with van der Waals surface area (Å²) in [4.78, 5) is 20.2. The molecule has 3 heterocycles. The zero-order chi connectivity index (χ0) is 15.0. The summed E-state index contributed by atoms with van der Waals surface area (Å²) >= 11 is 3.12. The number of rotatable bonds is 4. The van der Waals surface area contributed by atoms with Gasteiger partial charge in [0.05, 0.1) is 5.69 Å². The maximum Gasteiger partial charge on any atom is 0.347 e. The first-order valence-corrected chi connectivity index (χ1v) is 8.84. The molecule has 0 saturated heterocycles. The topological polar surface area (TPSA) is 53.4 Å². The molecule has 1 aliphatic rings. The highest BCUT2D eigenvalue weighted by Gasteiger charge is 2.25. The number of hydrogen-bond donors (Lipinski definition) is 1. The van der Waals surface area contributed by atoms with Crippen molar-refractivity contribution in [1.29, 1.82) is 0 Å². The zero-order valence-electron chi connectivity index (χ0n) is 12.1.